The van der Waals surface area contributed by atoms with Gasteiger partial charge in [-0.3, -0.25) is 0 Å². The van der Waals surface area contributed by atoms with Gasteiger partial charge < -0.3 is 27.0 Å². The molecule has 0 amide bonds. The Morgan fingerprint density at radius 3 is 0.818 bits per heavy atom. The van der Waals surface area contributed by atoms with E-state index in [1.54, 1.807) is 0 Å². The van der Waals surface area contributed by atoms with Crippen LogP contribution in [0.15, 0.2) is 84.9 Å². The van der Waals surface area contributed by atoms with Crippen molar-refractivity contribution in [3.63, 3.8) is 0 Å². The molecule has 0 N–H and O–H groups in total. The van der Waals surface area contributed by atoms with E-state index < -0.39 is 0 Å². The Bertz CT molecular complexity index is 1920. The number of aryl methyl sites for hydroxylation is 2. The van der Waals surface area contributed by atoms with Gasteiger partial charge in [-0.1, -0.05) is 12.1 Å². The summed E-state index contributed by atoms with van der Waals surface area (Å²) in [5, 5.41) is 0. The minimum Gasteiger partial charge on any atom is -0.504 e. The van der Waals surface area contributed by atoms with E-state index in [1.807, 2.05) is 36.4 Å². The van der Waals surface area contributed by atoms with Crippen molar-refractivity contribution in [2.24, 2.45) is 0 Å². The van der Waals surface area contributed by atoms with Crippen molar-refractivity contribution < 1.29 is 39.6 Å². The summed E-state index contributed by atoms with van der Waals surface area (Å²) >= 11 is 0. The second kappa shape index (κ2) is 40.3. The van der Waals surface area contributed by atoms with E-state index in [-0.39, 0.29) is 78.7 Å². The quantitative estimate of drug-likeness (QED) is 0.0921. The van der Waals surface area contributed by atoms with Gasteiger partial charge in [-0.05, 0) is 230 Å². The first-order valence-electron chi connectivity index (χ1n) is 28.7. The summed E-state index contributed by atoms with van der Waals surface area (Å²) in [5.41, 5.74) is 20.9. The molecule has 0 saturated heterocycles. The van der Waals surface area contributed by atoms with Gasteiger partial charge in [0.2, 0.25) is 0 Å². The Hall–Kier alpha value is -0.927. The molecule has 2 aliphatic rings. The summed E-state index contributed by atoms with van der Waals surface area (Å²) in [6.45, 7) is 65.4. The monoisotopic (exact) mass is 1490 g/mol. The maximum atomic E-state index is 3.27. The first-order chi connectivity index (χ1) is 34.4. The number of anilines is 6. The number of nitrogens with zero attached hydrogens (tertiary/aromatic N) is 4. The molecule has 0 spiro atoms. The molecule has 0 radical (unpaired) electrons. The molecule has 77 heavy (non-hydrogen) atoms. The van der Waals surface area contributed by atoms with Crippen molar-refractivity contribution in [3.8, 4) is 0 Å². The Balaban J connectivity index is -0.000000867. The molecule has 10 heteroatoms. The predicted octanol–water partition coefficient (Wildman–Crippen LogP) is 21.2. The molecule has 2 aliphatic heterocycles. The van der Waals surface area contributed by atoms with Gasteiger partial charge in [-0.25, -0.2) is 0 Å². The maximum Gasteiger partial charge on any atom is 0.0624 e. The Morgan fingerprint density at radius 2 is 0.571 bits per heavy atom. The van der Waals surface area contributed by atoms with Gasteiger partial charge in [0.15, 0.2) is 0 Å². The second-order valence-corrected chi connectivity index (χ2v) is 42.3. The zero-order valence-electron chi connectivity index (χ0n) is 54.7. The van der Waals surface area contributed by atoms with Crippen LogP contribution in [-0.4, -0.2) is 82.0 Å². The van der Waals surface area contributed by atoms with E-state index in [0.717, 1.165) is 79.3 Å². The molecular weight excluding hydrogens is 1370 g/mol. The minimum absolute atomic E-state index is 0. The van der Waals surface area contributed by atoms with Crippen LogP contribution in [-0.2, 0) is 39.6 Å². The van der Waals surface area contributed by atoms with Crippen LogP contribution < -0.4 is 19.6 Å². The molecule has 0 saturated carbocycles. The van der Waals surface area contributed by atoms with Crippen molar-refractivity contribution in [1.29, 1.82) is 0 Å². The Labute approximate surface area is 512 Å². The third kappa shape index (κ3) is 26.9. The average Bonchev–Trinajstić information content (AvgIpc) is 3.78. The number of hydrogen-bond acceptors (Lipinski definition) is 4. The van der Waals surface area contributed by atoms with Crippen LogP contribution in [0.25, 0.3) is 0 Å². The van der Waals surface area contributed by atoms with Crippen LogP contribution >= 0.6 is 31.7 Å². The van der Waals surface area contributed by atoms with Crippen molar-refractivity contribution in [2.75, 3.05) is 33.7 Å². The molecule has 4 aromatic rings. The summed E-state index contributed by atoms with van der Waals surface area (Å²) in [4.78, 5) is 8.61. The Kier molecular flexibility index (Phi) is 42.0. The molecule has 6 rings (SSSR count). The summed E-state index contributed by atoms with van der Waals surface area (Å²) in [7, 11) is 3.75. The van der Waals surface area contributed by atoms with Crippen molar-refractivity contribution in [2.45, 2.75) is 248 Å². The summed E-state index contributed by atoms with van der Waals surface area (Å²) in [6, 6.07) is 35.4. The number of para-hydroxylation sites is 4. The molecule has 4 aromatic carbocycles. The van der Waals surface area contributed by atoms with Gasteiger partial charge in [0, 0.05) is 94.0 Å². The van der Waals surface area contributed by atoms with Gasteiger partial charge >= 0.3 is 0 Å². The van der Waals surface area contributed by atoms with Crippen LogP contribution in [0.5, 0.6) is 0 Å². The predicted molar refractivity (Wildman–Crippen MR) is 364 cm³/mol. The van der Waals surface area contributed by atoms with Gasteiger partial charge in [-0.15, -0.1) is 11.4 Å². The third-order valence-electron chi connectivity index (χ3n) is 14.2. The van der Waals surface area contributed by atoms with Gasteiger partial charge in [0.1, 0.15) is 0 Å². The van der Waals surface area contributed by atoms with E-state index in [0.29, 0.717) is 0 Å². The maximum absolute atomic E-state index is 3.27. The van der Waals surface area contributed by atoms with Crippen molar-refractivity contribution >= 4 is 65.8 Å². The standard InChI is InChI=1S/C16H16N2.C14H12N2.4C9H21P.CH3.2Os/c1-12-9-15-16(10-13(12)2)18(11-17(15)3)14-7-5-4-6-8-14;1-15-11-16(12-7-3-2-4-8-12)14-10-6-5-9-13(14)15;4*1-7(2)10(8(3)4)9(5)6;;;/h4-7,9-11H,1-3H3;2-7,9-11H,1H3;4*7-9H,1-6H3;1H3;;/q2*-2;;;;;-1;;/p+4. The molecule has 0 unspecified atom stereocenters. The average molecular weight is 1490 g/mol. The van der Waals surface area contributed by atoms with Gasteiger partial charge in [0.25, 0.3) is 0 Å². The number of hydrogen-bond donors (Lipinski definition) is 0. The molecule has 0 aliphatic carbocycles. The zero-order chi connectivity index (χ0) is 56.9. The van der Waals surface area contributed by atoms with E-state index in [2.05, 4.69) is 288 Å². The fourth-order valence-electron chi connectivity index (χ4n) is 12.3. The fraction of sp³-hybridized carbons (Fsp3) is 0.597. The van der Waals surface area contributed by atoms with Crippen molar-refractivity contribution in [1.82, 2.24) is 0 Å². The van der Waals surface area contributed by atoms with Crippen molar-refractivity contribution in [3.05, 3.63) is 129 Å². The smallest absolute Gasteiger partial charge is 0.0624 e. The van der Waals surface area contributed by atoms with Crippen LogP contribution in [0.1, 0.15) is 177 Å². The Morgan fingerprint density at radius 1 is 0.338 bits per heavy atom. The molecule has 0 atom stereocenters. The summed E-state index contributed by atoms with van der Waals surface area (Å²) < 4.78 is 0. The first-order valence-corrected chi connectivity index (χ1v) is 35.7. The summed E-state index contributed by atoms with van der Waals surface area (Å²) in [6.07, 6.45) is 0. The molecule has 4 nitrogen and oxygen atoms in total. The van der Waals surface area contributed by atoms with Crippen LogP contribution in [0.4, 0.5) is 34.1 Å². The molecule has 444 valence electrons. The van der Waals surface area contributed by atoms with E-state index >= 15 is 0 Å². The minimum atomic E-state index is -0.0957. The molecule has 0 bridgehead atoms. The zero-order valence-corrected chi connectivity index (χ0v) is 63.7. The van der Waals surface area contributed by atoms with E-state index in [9.17, 15) is 0 Å². The van der Waals surface area contributed by atoms with Crippen LogP contribution in [0, 0.1) is 46.7 Å². The molecular formula is C67H119N4Os2P4-. The number of rotatable bonds is 14. The van der Waals surface area contributed by atoms with Crippen LogP contribution in [0.3, 0.4) is 0 Å². The fourth-order valence-corrected chi connectivity index (χ4v) is 28.3. The van der Waals surface area contributed by atoms with E-state index in [4.69, 9.17) is 0 Å². The third-order valence-corrected chi connectivity index (χ3v) is 30.2. The molecule has 0 aromatic heterocycles. The van der Waals surface area contributed by atoms with Gasteiger partial charge in [-0.2, -0.15) is 74.0 Å². The molecule has 0 fully saturated rings. The topological polar surface area (TPSA) is 13.0 Å². The largest absolute Gasteiger partial charge is 0.504 e. The SMILES string of the molecule is CC(C)[PH+](C(C)C)C(C)C.CC(C)[PH+](C(C)C)C(C)C.CC(C)[PH+](C(C)C)C(C)C.CC(C)[PH+](C(C)C)C(C)C.CN1[CH-]N(c2[c-]cccc2)c2ccccc21.Cc1cc2c(cc1C)N(c1[c-]cccc1)[CH-]N2C.[CH3-].[Os].[Os]. The number of benzene rings is 4. The normalized spacial score (nSPS) is 12.7. The van der Waals surface area contributed by atoms with E-state index in [1.165, 1.54) is 33.9 Å². The number of fused-ring (bicyclic) bond motifs is 2. The van der Waals surface area contributed by atoms with Gasteiger partial charge in [0.05, 0.1) is 67.9 Å². The van der Waals surface area contributed by atoms with Crippen LogP contribution in [0.2, 0.25) is 0 Å². The second-order valence-electron chi connectivity index (χ2n) is 24.5. The first kappa shape index (κ1) is 80.3. The molecule has 2 heterocycles. The summed E-state index contributed by atoms with van der Waals surface area (Å²) in [5.74, 6) is 0.